The Balaban J connectivity index is 1.43. The number of amides is 1. The van der Waals surface area contributed by atoms with Gasteiger partial charge in [0.1, 0.15) is 0 Å². The van der Waals surface area contributed by atoms with Gasteiger partial charge in [-0.05, 0) is 36.6 Å². The van der Waals surface area contributed by atoms with Crippen LogP contribution in [0.15, 0.2) is 53.4 Å². The number of aliphatic hydroxyl groups is 1. The van der Waals surface area contributed by atoms with Gasteiger partial charge in [-0.2, -0.15) is 15.7 Å². The van der Waals surface area contributed by atoms with Crippen molar-refractivity contribution in [2.75, 3.05) is 39.4 Å². The van der Waals surface area contributed by atoms with E-state index in [4.69, 9.17) is 9.84 Å². The fourth-order valence-electron chi connectivity index (χ4n) is 5.49. The summed E-state index contributed by atoms with van der Waals surface area (Å²) in [5.41, 5.74) is 4.20. The van der Waals surface area contributed by atoms with Gasteiger partial charge in [0.25, 0.3) is 5.91 Å². The molecule has 6 rings (SSSR count). The molecule has 0 bridgehead atoms. The number of fused-ring (bicyclic) bond motifs is 3. The molecule has 0 spiro atoms. The zero-order chi connectivity index (χ0) is 25.6. The minimum Gasteiger partial charge on any atom is -0.393 e. The van der Waals surface area contributed by atoms with Crippen LogP contribution >= 0.6 is 10.6 Å². The molecule has 2 saturated heterocycles. The van der Waals surface area contributed by atoms with Crippen molar-refractivity contribution in [1.29, 1.82) is 0 Å². The van der Waals surface area contributed by atoms with Crippen LogP contribution in [0.3, 0.4) is 0 Å². The van der Waals surface area contributed by atoms with Gasteiger partial charge >= 0.3 is 0 Å². The minimum atomic E-state index is -3.12. The fraction of sp³-hybridized carbons (Fsp3) is 0.407. The predicted octanol–water partition coefficient (Wildman–Crippen LogP) is 3.59. The summed E-state index contributed by atoms with van der Waals surface area (Å²) >= 11 is 0. The standard InChI is InChI=1S/C27H32N4O5S/c32-21-8-10-29(11-9-21)17-19-4-3-5-20(16-19)31-26-22-6-1-2-7-24(22)37(34,35)18-23(26)25(28-31)27(33)30-12-14-36-15-13-30/h1-7,16,21,32,34-35H,8-15,17-18H2. The van der Waals surface area contributed by atoms with Crippen LogP contribution in [0.25, 0.3) is 16.9 Å². The van der Waals surface area contributed by atoms with E-state index in [1.165, 1.54) is 0 Å². The number of aliphatic hydroxyl groups excluding tert-OH is 1. The molecule has 3 aliphatic rings. The molecule has 37 heavy (non-hydrogen) atoms. The van der Waals surface area contributed by atoms with Crippen molar-refractivity contribution in [3.05, 3.63) is 65.4 Å². The maximum Gasteiger partial charge on any atom is 0.274 e. The molecule has 3 aliphatic heterocycles. The number of rotatable bonds is 4. The highest BCUT2D eigenvalue weighted by atomic mass is 32.3. The number of likely N-dealkylation sites (tertiary alicyclic amines) is 1. The first-order chi connectivity index (χ1) is 17.9. The fourth-order valence-corrected chi connectivity index (χ4v) is 7.13. The number of ether oxygens (including phenoxy) is 1. The molecule has 0 unspecified atom stereocenters. The van der Waals surface area contributed by atoms with Crippen molar-refractivity contribution in [2.24, 2.45) is 0 Å². The molecule has 0 radical (unpaired) electrons. The van der Waals surface area contributed by atoms with Crippen molar-refractivity contribution in [3.8, 4) is 16.9 Å². The van der Waals surface area contributed by atoms with Crippen molar-refractivity contribution in [2.45, 2.75) is 36.1 Å². The van der Waals surface area contributed by atoms with Gasteiger partial charge in [0, 0.05) is 43.9 Å². The Labute approximate surface area is 217 Å². The van der Waals surface area contributed by atoms with Gasteiger partial charge in [-0.1, -0.05) is 30.3 Å². The molecule has 9 nitrogen and oxygen atoms in total. The van der Waals surface area contributed by atoms with Crippen LogP contribution in [-0.4, -0.2) is 85.2 Å². The summed E-state index contributed by atoms with van der Waals surface area (Å²) in [5.74, 6) is -0.253. The number of morpholine rings is 1. The van der Waals surface area contributed by atoms with Crippen LogP contribution in [0, 0.1) is 0 Å². The molecule has 0 atom stereocenters. The summed E-state index contributed by atoms with van der Waals surface area (Å²) in [5, 5.41) is 14.7. The van der Waals surface area contributed by atoms with E-state index in [1.54, 1.807) is 21.7 Å². The van der Waals surface area contributed by atoms with Crippen LogP contribution in [0.4, 0.5) is 0 Å². The molecule has 3 aromatic rings. The normalized spacial score (nSPS) is 20.8. The first kappa shape index (κ1) is 24.6. The predicted molar refractivity (Wildman–Crippen MR) is 141 cm³/mol. The molecular formula is C27H32N4O5S. The van der Waals surface area contributed by atoms with E-state index in [2.05, 4.69) is 17.0 Å². The Bertz CT molecular complexity index is 1310. The van der Waals surface area contributed by atoms with E-state index in [0.29, 0.717) is 42.3 Å². The van der Waals surface area contributed by atoms with E-state index in [0.717, 1.165) is 49.4 Å². The van der Waals surface area contributed by atoms with Crippen molar-refractivity contribution in [3.63, 3.8) is 0 Å². The minimum absolute atomic E-state index is 0.0411. The molecule has 1 amide bonds. The van der Waals surface area contributed by atoms with E-state index >= 15 is 0 Å². The van der Waals surface area contributed by atoms with Crippen LogP contribution < -0.4 is 0 Å². The van der Waals surface area contributed by atoms with Gasteiger partial charge in [-0.25, -0.2) is 4.68 Å². The van der Waals surface area contributed by atoms with Crippen molar-refractivity contribution in [1.82, 2.24) is 19.6 Å². The highest BCUT2D eigenvalue weighted by Gasteiger charge is 2.37. The van der Waals surface area contributed by atoms with Crippen LogP contribution in [0.5, 0.6) is 0 Å². The zero-order valence-corrected chi connectivity index (χ0v) is 21.4. The maximum atomic E-state index is 13.6. The van der Waals surface area contributed by atoms with Gasteiger partial charge in [0.05, 0.1) is 41.3 Å². The summed E-state index contributed by atoms with van der Waals surface area (Å²) in [6.45, 7) is 4.38. The molecule has 0 aliphatic carbocycles. The highest BCUT2D eigenvalue weighted by Crippen LogP contribution is 2.59. The third kappa shape index (κ3) is 4.69. The van der Waals surface area contributed by atoms with Crippen LogP contribution in [-0.2, 0) is 17.0 Å². The van der Waals surface area contributed by atoms with E-state index < -0.39 is 10.6 Å². The second kappa shape index (κ2) is 9.86. The first-order valence-electron chi connectivity index (χ1n) is 12.7. The summed E-state index contributed by atoms with van der Waals surface area (Å²) in [6, 6.07) is 15.4. The van der Waals surface area contributed by atoms with Gasteiger partial charge in [0.15, 0.2) is 5.69 Å². The smallest absolute Gasteiger partial charge is 0.274 e. The number of benzene rings is 2. The summed E-state index contributed by atoms with van der Waals surface area (Å²) in [7, 11) is -3.12. The number of carbonyl (C=O) groups excluding carboxylic acids is 1. The number of hydrogen-bond acceptors (Lipinski definition) is 7. The third-order valence-corrected chi connectivity index (χ3v) is 9.19. The number of carbonyl (C=O) groups is 1. The lowest BCUT2D eigenvalue weighted by Crippen LogP contribution is -2.41. The van der Waals surface area contributed by atoms with E-state index in [-0.39, 0.29) is 23.5 Å². The Hall–Kier alpha value is -2.73. The topological polar surface area (TPSA) is 111 Å². The Kier molecular flexibility index (Phi) is 6.56. The number of nitrogens with zero attached hydrogens (tertiary/aromatic N) is 4. The lowest BCUT2D eigenvalue weighted by molar-refractivity contribution is 0.0298. The number of piperidine rings is 1. The highest BCUT2D eigenvalue weighted by molar-refractivity contribution is 8.23. The van der Waals surface area contributed by atoms with E-state index in [9.17, 15) is 19.0 Å². The van der Waals surface area contributed by atoms with Gasteiger partial charge in [-0.3, -0.25) is 18.8 Å². The van der Waals surface area contributed by atoms with Gasteiger partial charge in [0.2, 0.25) is 0 Å². The maximum absolute atomic E-state index is 13.6. The van der Waals surface area contributed by atoms with Crippen molar-refractivity contribution < 1.29 is 23.7 Å². The lowest BCUT2D eigenvalue weighted by atomic mass is 10.0. The molecule has 1 aromatic heterocycles. The van der Waals surface area contributed by atoms with Crippen LogP contribution in [0.2, 0.25) is 0 Å². The molecule has 3 N–H and O–H groups in total. The first-order valence-corrected chi connectivity index (χ1v) is 14.5. The molecule has 4 heterocycles. The largest absolute Gasteiger partial charge is 0.393 e. The summed E-state index contributed by atoms with van der Waals surface area (Å²) < 4.78 is 29.3. The number of aromatic nitrogens is 2. The van der Waals surface area contributed by atoms with Crippen molar-refractivity contribution >= 4 is 16.5 Å². The molecular weight excluding hydrogens is 492 g/mol. The Morgan fingerprint density at radius 2 is 1.78 bits per heavy atom. The quantitative estimate of drug-likeness (QED) is 0.478. The zero-order valence-electron chi connectivity index (χ0n) is 20.6. The van der Waals surface area contributed by atoms with Gasteiger partial charge < -0.3 is 14.7 Å². The number of hydrogen-bond donors (Lipinski definition) is 3. The molecule has 2 fully saturated rings. The molecule has 2 aromatic carbocycles. The average molecular weight is 525 g/mol. The summed E-state index contributed by atoms with van der Waals surface area (Å²) in [6.07, 6.45) is 1.35. The Morgan fingerprint density at radius 1 is 1.03 bits per heavy atom. The molecule has 10 heteroatoms. The SMILES string of the molecule is O=C(c1nn(-c2cccc(CN3CCC(O)CC3)c2)c2c1CS(O)(O)c1ccccc1-2)N1CCOCC1. The Morgan fingerprint density at radius 3 is 2.57 bits per heavy atom. The third-order valence-electron chi connectivity index (χ3n) is 7.44. The summed E-state index contributed by atoms with van der Waals surface area (Å²) in [4.78, 5) is 18.2. The molecule has 0 saturated carbocycles. The monoisotopic (exact) mass is 524 g/mol. The second-order valence-corrected chi connectivity index (χ2v) is 12.0. The average Bonchev–Trinajstić information content (AvgIpc) is 3.29. The van der Waals surface area contributed by atoms with Gasteiger partial charge in [-0.15, -0.1) is 0 Å². The lowest BCUT2D eigenvalue weighted by Gasteiger charge is -2.38. The van der Waals surface area contributed by atoms with Crippen LogP contribution in [0.1, 0.15) is 34.5 Å². The molecule has 196 valence electrons. The second-order valence-electron chi connectivity index (χ2n) is 9.98. The van der Waals surface area contributed by atoms with E-state index in [1.807, 2.05) is 24.3 Å².